The van der Waals surface area contributed by atoms with E-state index in [1.165, 1.54) is 16.7 Å². The molecule has 0 aromatic heterocycles. The van der Waals surface area contributed by atoms with Gasteiger partial charge in [-0.15, -0.1) is 0 Å². The van der Waals surface area contributed by atoms with Crippen molar-refractivity contribution < 1.29 is 26.2 Å². The summed E-state index contributed by atoms with van der Waals surface area (Å²) in [5.41, 5.74) is 4.40. The average Bonchev–Trinajstić information content (AvgIpc) is 2.45. The van der Waals surface area contributed by atoms with Crippen molar-refractivity contribution in [2.24, 2.45) is 5.41 Å². The Hall–Kier alpha value is -0.157. The first-order valence-electron chi connectivity index (χ1n) is 4.73. The second-order valence-electron chi connectivity index (χ2n) is 4.62. The Labute approximate surface area is 106 Å². The van der Waals surface area contributed by atoms with Gasteiger partial charge in [0, 0.05) is 32.6 Å². The fourth-order valence-corrected chi connectivity index (χ4v) is 1.58. The van der Waals surface area contributed by atoms with Gasteiger partial charge in [0.1, 0.15) is 0 Å². The summed E-state index contributed by atoms with van der Waals surface area (Å²) < 4.78 is 0. The monoisotopic (exact) mass is 261 g/mol. The van der Waals surface area contributed by atoms with Crippen LogP contribution in [0.4, 0.5) is 0 Å². The molecule has 0 aliphatic heterocycles. The molecular formula is C13H15Zr. The zero-order chi connectivity index (χ0) is 9.47. The van der Waals surface area contributed by atoms with Crippen LogP contribution in [0.1, 0.15) is 31.9 Å². The quantitative estimate of drug-likeness (QED) is 0.669. The van der Waals surface area contributed by atoms with Gasteiger partial charge >= 0.3 is 0 Å². The Morgan fingerprint density at radius 3 is 2.00 bits per heavy atom. The zero-order valence-electron chi connectivity index (χ0n) is 8.96. The second-order valence-corrected chi connectivity index (χ2v) is 4.62. The van der Waals surface area contributed by atoms with E-state index in [0.717, 1.165) is 0 Å². The predicted molar refractivity (Wildman–Crippen MR) is 57.3 cm³/mol. The molecule has 0 atom stereocenters. The summed E-state index contributed by atoms with van der Waals surface area (Å²) in [4.78, 5) is 0. The summed E-state index contributed by atoms with van der Waals surface area (Å²) in [6, 6.07) is 8.53. The van der Waals surface area contributed by atoms with Crippen molar-refractivity contribution in [3.63, 3.8) is 0 Å². The third-order valence-electron chi connectivity index (χ3n) is 2.48. The molecular weight excluding hydrogens is 247 g/mol. The van der Waals surface area contributed by atoms with Gasteiger partial charge in [-0.25, -0.2) is 0 Å². The number of allylic oxidation sites excluding steroid dienone is 1. The van der Waals surface area contributed by atoms with Gasteiger partial charge in [-0.2, -0.15) is 0 Å². The molecule has 1 aromatic rings. The average molecular weight is 262 g/mol. The third-order valence-corrected chi connectivity index (χ3v) is 2.48. The molecule has 0 fully saturated rings. The van der Waals surface area contributed by atoms with E-state index in [9.17, 15) is 0 Å². The third kappa shape index (κ3) is 2.26. The maximum atomic E-state index is 2.29. The van der Waals surface area contributed by atoms with Crippen molar-refractivity contribution in [3.05, 3.63) is 47.4 Å². The smallest absolute Gasteiger partial charge is 0.0169 e. The summed E-state index contributed by atoms with van der Waals surface area (Å²) >= 11 is 0. The number of rotatable bonds is 0. The van der Waals surface area contributed by atoms with Gasteiger partial charge in [-0.3, -0.25) is 0 Å². The molecule has 0 heterocycles. The SMILES string of the molecule is CC(C)(C)C1=Cc2ccccc2[CH]1.[Zr]. The topological polar surface area (TPSA) is 0 Å². The van der Waals surface area contributed by atoms with Crippen molar-refractivity contribution in [3.8, 4) is 0 Å². The van der Waals surface area contributed by atoms with Crippen LogP contribution in [0.25, 0.3) is 6.08 Å². The summed E-state index contributed by atoms with van der Waals surface area (Å²) in [5, 5.41) is 0. The van der Waals surface area contributed by atoms with E-state index >= 15 is 0 Å². The van der Waals surface area contributed by atoms with Crippen LogP contribution in [-0.2, 0) is 26.2 Å². The van der Waals surface area contributed by atoms with Crippen LogP contribution < -0.4 is 0 Å². The first kappa shape index (κ1) is 11.9. The van der Waals surface area contributed by atoms with Gasteiger partial charge in [0.2, 0.25) is 0 Å². The van der Waals surface area contributed by atoms with Gasteiger partial charge in [0.15, 0.2) is 0 Å². The van der Waals surface area contributed by atoms with E-state index in [0.29, 0.717) is 0 Å². The molecule has 1 aliphatic carbocycles. The minimum Gasteiger partial charge on any atom is -0.0619 e. The van der Waals surface area contributed by atoms with E-state index in [2.05, 4.69) is 57.5 Å². The summed E-state index contributed by atoms with van der Waals surface area (Å²) in [6.45, 7) is 6.75. The largest absolute Gasteiger partial charge is 0.0619 e. The van der Waals surface area contributed by atoms with Crippen LogP contribution in [0.15, 0.2) is 29.8 Å². The van der Waals surface area contributed by atoms with Crippen LogP contribution in [0, 0.1) is 11.8 Å². The maximum Gasteiger partial charge on any atom is 0.0169 e. The van der Waals surface area contributed by atoms with E-state index in [1.54, 1.807) is 0 Å². The Morgan fingerprint density at radius 1 is 0.929 bits per heavy atom. The minimum atomic E-state index is 0. The first-order chi connectivity index (χ1) is 6.07. The number of hydrogen-bond acceptors (Lipinski definition) is 0. The Bertz CT molecular complexity index is 356. The first-order valence-corrected chi connectivity index (χ1v) is 4.73. The van der Waals surface area contributed by atoms with Crippen LogP contribution in [0.5, 0.6) is 0 Å². The van der Waals surface area contributed by atoms with Gasteiger partial charge < -0.3 is 0 Å². The molecule has 0 amide bonds. The van der Waals surface area contributed by atoms with Crippen LogP contribution in [-0.4, -0.2) is 0 Å². The van der Waals surface area contributed by atoms with E-state index in [-0.39, 0.29) is 31.6 Å². The molecule has 1 heteroatoms. The molecule has 14 heavy (non-hydrogen) atoms. The van der Waals surface area contributed by atoms with Gasteiger partial charge in [-0.1, -0.05) is 56.7 Å². The van der Waals surface area contributed by atoms with Crippen LogP contribution >= 0.6 is 0 Å². The van der Waals surface area contributed by atoms with Crippen molar-refractivity contribution in [2.45, 2.75) is 20.8 Å². The Kier molecular flexibility index (Phi) is 3.53. The fraction of sp³-hybridized carbons (Fsp3) is 0.308. The number of hydrogen-bond donors (Lipinski definition) is 0. The maximum absolute atomic E-state index is 2.29. The molecule has 0 spiro atoms. The molecule has 0 saturated carbocycles. The van der Waals surface area contributed by atoms with Gasteiger partial charge in [0.25, 0.3) is 0 Å². The van der Waals surface area contributed by atoms with Crippen molar-refractivity contribution in [2.75, 3.05) is 0 Å². The second kappa shape index (κ2) is 4.15. The summed E-state index contributed by atoms with van der Waals surface area (Å²) in [5.74, 6) is 0. The zero-order valence-corrected chi connectivity index (χ0v) is 11.4. The minimum absolute atomic E-state index is 0. The molecule has 1 radical (unpaired) electrons. The van der Waals surface area contributed by atoms with Gasteiger partial charge in [-0.05, 0) is 16.5 Å². The Morgan fingerprint density at radius 2 is 1.50 bits per heavy atom. The molecule has 71 valence electrons. The van der Waals surface area contributed by atoms with Crippen molar-refractivity contribution in [1.29, 1.82) is 0 Å². The number of fused-ring (bicyclic) bond motifs is 1. The normalized spacial score (nSPS) is 14.4. The molecule has 1 aromatic carbocycles. The summed E-state index contributed by atoms with van der Waals surface area (Å²) in [6.07, 6.45) is 4.57. The molecule has 0 N–H and O–H groups in total. The van der Waals surface area contributed by atoms with E-state index in [1.807, 2.05) is 0 Å². The molecule has 0 bridgehead atoms. The van der Waals surface area contributed by atoms with Crippen molar-refractivity contribution in [1.82, 2.24) is 0 Å². The molecule has 1 aliphatic rings. The van der Waals surface area contributed by atoms with Crippen molar-refractivity contribution >= 4 is 6.08 Å². The molecule has 0 nitrogen and oxygen atoms in total. The van der Waals surface area contributed by atoms with E-state index in [4.69, 9.17) is 0 Å². The fourth-order valence-electron chi connectivity index (χ4n) is 1.58. The predicted octanol–water partition coefficient (Wildman–Crippen LogP) is 3.68. The molecule has 0 saturated heterocycles. The molecule has 2 rings (SSSR count). The standard InChI is InChI=1S/C13H15.Zr/c1-13(2,3)12-8-10-6-4-5-7-11(10)9-12;/h4-9H,1-3H3;. The van der Waals surface area contributed by atoms with Gasteiger partial charge in [0.05, 0.1) is 0 Å². The number of benzene rings is 1. The summed E-state index contributed by atoms with van der Waals surface area (Å²) in [7, 11) is 0. The van der Waals surface area contributed by atoms with E-state index < -0.39 is 0 Å². The molecule has 0 unspecified atom stereocenters. The Balaban J connectivity index is 0.000000980. The van der Waals surface area contributed by atoms with Crippen LogP contribution in [0.2, 0.25) is 0 Å². The van der Waals surface area contributed by atoms with Crippen LogP contribution in [0.3, 0.4) is 0 Å².